The normalized spacial score (nSPS) is 10.7. The lowest BCUT2D eigenvalue weighted by Gasteiger charge is -2.22. The maximum atomic E-state index is 5.85. The molecule has 0 N–H and O–H groups in total. The summed E-state index contributed by atoms with van der Waals surface area (Å²) in [6.45, 7) is 2.80. The summed E-state index contributed by atoms with van der Waals surface area (Å²) >= 11 is 1.62. The molecule has 38 heavy (non-hydrogen) atoms. The molecule has 1 heterocycles. The van der Waals surface area contributed by atoms with Gasteiger partial charge in [0.15, 0.2) is 5.13 Å². The Morgan fingerprint density at radius 3 is 1.97 bits per heavy atom. The quantitative estimate of drug-likeness (QED) is 0.184. The summed E-state index contributed by atoms with van der Waals surface area (Å²) in [4.78, 5) is 9.20. The summed E-state index contributed by atoms with van der Waals surface area (Å²) < 4.78 is 22.5. The molecule has 8 heteroatoms. The minimum atomic E-state index is 0.436. The summed E-state index contributed by atoms with van der Waals surface area (Å²) in [6.07, 6.45) is 0. The zero-order valence-corrected chi connectivity index (χ0v) is 23.2. The summed E-state index contributed by atoms with van der Waals surface area (Å²) in [5.74, 6) is 2.52. The van der Waals surface area contributed by atoms with Crippen molar-refractivity contribution in [2.75, 3.05) is 51.3 Å². The Kier molecular flexibility index (Phi) is 9.84. The van der Waals surface area contributed by atoms with E-state index in [9.17, 15) is 0 Å². The van der Waals surface area contributed by atoms with Crippen molar-refractivity contribution < 1.29 is 18.9 Å². The van der Waals surface area contributed by atoms with Gasteiger partial charge in [-0.2, -0.15) is 0 Å². The van der Waals surface area contributed by atoms with Gasteiger partial charge in [-0.05, 0) is 59.7 Å². The number of rotatable bonds is 14. The Labute approximate surface area is 229 Å². The molecule has 0 saturated carbocycles. The Hall–Kier alpha value is -3.75. The summed E-state index contributed by atoms with van der Waals surface area (Å²) in [6, 6.07) is 24.3. The smallest absolute Gasteiger partial charge is 0.186 e. The molecule has 0 aliphatic heterocycles. The third-order valence-electron chi connectivity index (χ3n) is 5.92. The zero-order chi connectivity index (χ0) is 26.7. The zero-order valence-electron chi connectivity index (χ0n) is 22.4. The van der Waals surface area contributed by atoms with Crippen LogP contribution in [-0.4, -0.2) is 46.5 Å². The minimum absolute atomic E-state index is 0.436. The first-order valence-electron chi connectivity index (χ1n) is 12.5. The Bertz CT molecular complexity index is 1230. The summed E-state index contributed by atoms with van der Waals surface area (Å²) in [5, 5.41) is 2.99. The van der Waals surface area contributed by atoms with Crippen molar-refractivity contribution in [2.45, 2.75) is 19.7 Å². The molecule has 0 bridgehead atoms. The minimum Gasteiger partial charge on any atom is -0.497 e. The predicted molar refractivity (Wildman–Crippen MR) is 154 cm³/mol. The Balaban J connectivity index is 1.36. The van der Waals surface area contributed by atoms with Crippen LogP contribution in [-0.2, 0) is 24.4 Å². The van der Waals surface area contributed by atoms with Gasteiger partial charge in [0.25, 0.3) is 0 Å². The van der Waals surface area contributed by atoms with E-state index in [1.165, 1.54) is 0 Å². The first kappa shape index (κ1) is 27.3. The summed E-state index contributed by atoms with van der Waals surface area (Å²) in [5.41, 5.74) is 4.34. The number of aromatic nitrogens is 1. The number of nitrogens with zero attached hydrogens (tertiary/aromatic N) is 3. The molecule has 0 unspecified atom stereocenters. The van der Waals surface area contributed by atoms with Crippen molar-refractivity contribution in [3.05, 3.63) is 95.0 Å². The van der Waals surface area contributed by atoms with Gasteiger partial charge in [-0.1, -0.05) is 24.3 Å². The van der Waals surface area contributed by atoms with Gasteiger partial charge in [0.05, 0.1) is 33.1 Å². The average Bonchev–Trinajstić information content (AvgIpc) is 3.42. The van der Waals surface area contributed by atoms with Crippen LogP contribution < -0.4 is 24.0 Å². The van der Waals surface area contributed by atoms with Gasteiger partial charge in [-0.25, -0.2) is 4.98 Å². The Morgan fingerprint density at radius 1 is 0.763 bits per heavy atom. The molecule has 4 rings (SSSR count). The van der Waals surface area contributed by atoms with E-state index >= 15 is 0 Å². The van der Waals surface area contributed by atoms with E-state index in [2.05, 4.69) is 39.4 Å². The van der Waals surface area contributed by atoms with E-state index in [1.807, 2.05) is 62.6 Å². The third-order valence-corrected chi connectivity index (χ3v) is 6.88. The lowest BCUT2D eigenvalue weighted by atomic mass is 10.1. The molecule has 1 aromatic heterocycles. The molecule has 200 valence electrons. The number of benzene rings is 3. The second-order valence-corrected chi connectivity index (χ2v) is 9.81. The molecule has 0 aliphatic rings. The molecule has 0 spiro atoms. The van der Waals surface area contributed by atoms with E-state index in [0.29, 0.717) is 32.9 Å². The number of thiazole rings is 1. The van der Waals surface area contributed by atoms with Crippen LogP contribution in [0.5, 0.6) is 17.2 Å². The molecule has 4 aromatic rings. The molecular formula is C30H35N3O4S. The maximum absolute atomic E-state index is 5.85. The fourth-order valence-electron chi connectivity index (χ4n) is 3.92. The van der Waals surface area contributed by atoms with Gasteiger partial charge in [-0.15, -0.1) is 11.3 Å². The highest BCUT2D eigenvalue weighted by molar-refractivity contribution is 7.13. The maximum Gasteiger partial charge on any atom is 0.186 e. The van der Waals surface area contributed by atoms with Gasteiger partial charge in [0, 0.05) is 38.3 Å². The van der Waals surface area contributed by atoms with Crippen molar-refractivity contribution >= 4 is 22.2 Å². The largest absolute Gasteiger partial charge is 0.497 e. The second kappa shape index (κ2) is 13.7. The van der Waals surface area contributed by atoms with Gasteiger partial charge >= 0.3 is 0 Å². The third kappa shape index (κ3) is 7.87. The molecule has 0 amide bonds. The lowest BCUT2D eigenvalue weighted by molar-refractivity contribution is 0.0873. The van der Waals surface area contributed by atoms with Crippen LogP contribution in [0.25, 0.3) is 0 Å². The van der Waals surface area contributed by atoms with Crippen LogP contribution in [0.15, 0.2) is 78.2 Å². The van der Waals surface area contributed by atoms with Crippen molar-refractivity contribution in [3.63, 3.8) is 0 Å². The standard InChI is InChI=1S/C30H35N3O4S/c1-32(2)26-11-13-27(14-12-26)37-16-15-36-21-25-22-38-30(31-25)33(19-23-7-5-9-28(17-23)34-3)20-24-8-6-10-29(18-24)35-4/h5-14,17-18,22H,15-16,19-21H2,1-4H3. The molecule has 0 fully saturated rings. The highest BCUT2D eigenvalue weighted by Gasteiger charge is 2.14. The van der Waals surface area contributed by atoms with Crippen LogP contribution >= 0.6 is 11.3 Å². The van der Waals surface area contributed by atoms with Gasteiger partial charge < -0.3 is 28.7 Å². The van der Waals surface area contributed by atoms with E-state index in [0.717, 1.165) is 44.9 Å². The lowest BCUT2D eigenvalue weighted by Crippen LogP contribution is -2.22. The first-order valence-corrected chi connectivity index (χ1v) is 13.3. The van der Waals surface area contributed by atoms with Crippen molar-refractivity contribution in [2.24, 2.45) is 0 Å². The fraction of sp³-hybridized carbons (Fsp3) is 0.300. The molecular weight excluding hydrogens is 498 g/mol. The molecule has 3 aromatic carbocycles. The Morgan fingerprint density at radius 2 is 1.39 bits per heavy atom. The van der Waals surface area contributed by atoms with Crippen molar-refractivity contribution in [1.82, 2.24) is 4.98 Å². The van der Waals surface area contributed by atoms with E-state index in [1.54, 1.807) is 25.6 Å². The number of hydrogen-bond donors (Lipinski definition) is 0. The average molecular weight is 534 g/mol. The number of ether oxygens (including phenoxy) is 4. The molecule has 0 atom stereocenters. The van der Waals surface area contributed by atoms with Crippen LogP contribution in [0, 0.1) is 0 Å². The van der Waals surface area contributed by atoms with Crippen LogP contribution in [0.4, 0.5) is 10.8 Å². The molecule has 0 aliphatic carbocycles. The fourth-order valence-corrected chi connectivity index (χ4v) is 4.73. The number of anilines is 2. The highest BCUT2D eigenvalue weighted by atomic mass is 32.1. The van der Waals surface area contributed by atoms with E-state index in [-0.39, 0.29) is 0 Å². The van der Waals surface area contributed by atoms with Crippen LogP contribution in [0.2, 0.25) is 0 Å². The van der Waals surface area contributed by atoms with E-state index in [4.69, 9.17) is 23.9 Å². The monoisotopic (exact) mass is 533 g/mol. The van der Waals surface area contributed by atoms with Crippen molar-refractivity contribution in [1.29, 1.82) is 0 Å². The molecule has 0 radical (unpaired) electrons. The van der Waals surface area contributed by atoms with Crippen LogP contribution in [0.1, 0.15) is 16.8 Å². The SMILES string of the molecule is COc1cccc(CN(Cc2cccc(OC)c2)c2nc(COCCOc3ccc(N(C)C)cc3)cs2)c1. The molecule has 7 nitrogen and oxygen atoms in total. The highest BCUT2D eigenvalue weighted by Crippen LogP contribution is 2.27. The van der Waals surface area contributed by atoms with Gasteiger partial charge in [0.2, 0.25) is 0 Å². The predicted octanol–water partition coefficient (Wildman–Crippen LogP) is 6.03. The summed E-state index contributed by atoms with van der Waals surface area (Å²) in [7, 11) is 7.41. The number of hydrogen-bond acceptors (Lipinski definition) is 8. The van der Waals surface area contributed by atoms with Crippen molar-refractivity contribution in [3.8, 4) is 17.2 Å². The van der Waals surface area contributed by atoms with E-state index < -0.39 is 0 Å². The second-order valence-electron chi connectivity index (χ2n) is 8.97. The first-order chi connectivity index (χ1) is 18.5. The van der Waals surface area contributed by atoms with Gasteiger partial charge in [-0.3, -0.25) is 0 Å². The number of methoxy groups -OCH3 is 2. The van der Waals surface area contributed by atoms with Crippen LogP contribution in [0.3, 0.4) is 0 Å². The molecule has 0 saturated heterocycles. The topological polar surface area (TPSA) is 56.3 Å². The van der Waals surface area contributed by atoms with Gasteiger partial charge in [0.1, 0.15) is 23.9 Å².